The van der Waals surface area contributed by atoms with E-state index in [0.717, 1.165) is 12.1 Å². The van der Waals surface area contributed by atoms with Gasteiger partial charge in [0.2, 0.25) is 0 Å². The van der Waals surface area contributed by atoms with Crippen LogP contribution in [-0.4, -0.2) is 31.3 Å². The third-order valence-electron chi connectivity index (χ3n) is 3.73. The van der Waals surface area contributed by atoms with Crippen molar-refractivity contribution in [2.45, 2.75) is 19.9 Å². The van der Waals surface area contributed by atoms with Gasteiger partial charge in [0.05, 0.1) is 13.7 Å². The number of aromatic hydroxyl groups is 1. The van der Waals surface area contributed by atoms with Crippen LogP contribution in [0.25, 0.3) is 0 Å². The van der Waals surface area contributed by atoms with E-state index in [-0.39, 0.29) is 36.3 Å². The zero-order chi connectivity index (χ0) is 18.9. The Balaban J connectivity index is 0.00000364. The van der Waals surface area contributed by atoms with Gasteiger partial charge in [0, 0.05) is 18.7 Å². The zero-order valence-corrected chi connectivity index (χ0v) is 17.6. The van der Waals surface area contributed by atoms with Crippen LogP contribution in [-0.2, 0) is 13.0 Å². The first kappa shape index (κ1) is 22.9. The molecular weight excluding hydrogens is 467 g/mol. The maximum Gasteiger partial charge on any atom is 0.191 e. The number of phenols is 1. The molecule has 3 N–H and O–H groups in total. The van der Waals surface area contributed by atoms with Gasteiger partial charge in [0.1, 0.15) is 23.1 Å². The van der Waals surface area contributed by atoms with Crippen LogP contribution in [0.15, 0.2) is 41.4 Å². The second-order valence-corrected chi connectivity index (χ2v) is 5.60. The third-order valence-corrected chi connectivity index (χ3v) is 3.73. The number of guanidine groups is 1. The summed E-state index contributed by atoms with van der Waals surface area (Å²) >= 11 is 0. The number of hydrogen-bond acceptors (Lipinski definition) is 3. The first-order valence-electron chi connectivity index (χ1n) is 8.35. The van der Waals surface area contributed by atoms with Crippen LogP contribution in [0.5, 0.6) is 11.5 Å². The molecule has 0 unspecified atom stereocenters. The van der Waals surface area contributed by atoms with Crippen molar-refractivity contribution in [3.63, 3.8) is 0 Å². The van der Waals surface area contributed by atoms with Crippen molar-refractivity contribution in [3.05, 3.63) is 59.2 Å². The summed E-state index contributed by atoms with van der Waals surface area (Å²) in [5.74, 6) is 0.387. The molecule has 8 heteroatoms. The van der Waals surface area contributed by atoms with Crippen LogP contribution in [0.3, 0.4) is 0 Å². The van der Waals surface area contributed by atoms with Crippen molar-refractivity contribution < 1.29 is 18.6 Å². The molecule has 0 aliphatic rings. The Morgan fingerprint density at radius 2 is 1.89 bits per heavy atom. The van der Waals surface area contributed by atoms with Gasteiger partial charge in [-0.15, -0.1) is 24.0 Å². The number of nitrogens with one attached hydrogen (secondary N) is 2. The molecular formula is C19H24F2IN3O2. The Bertz CT molecular complexity index is 773. The second kappa shape index (κ2) is 11.6. The first-order chi connectivity index (χ1) is 12.5. The summed E-state index contributed by atoms with van der Waals surface area (Å²) < 4.78 is 32.0. The average Bonchev–Trinajstić information content (AvgIpc) is 2.63. The van der Waals surface area contributed by atoms with Crippen molar-refractivity contribution in [2.24, 2.45) is 4.99 Å². The van der Waals surface area contributed by atoms with E-state index >= 15 is 0 Å². The molecule has 2 aromatic carbocycles. The Morgan fingerprint density at radius 1 is 1.11 bits per heavy atom. The minimum Gasteiger partial charge on any atom is -0.508 e. The van der Waals surface area contributed by atoms with E-state index in [9.17, 15) is 13.9 Å². The van der Waals surface area contributed by atoms with Crippen molar-refractivity contribution in [3.8, 4) is 11.5 Å². The van der Waals surface area contributed by atoms with Crippen molar-refractivity contribution in [1.29, 1.82) is 0 Å². The van der Waals surface area contributed by atoms with Gasteiger partial charge in [0.15, 0.2) is 5.96 Å². The fraction of sp³-hybridized carbons (Fsp3) is 0.316. The molecule has 0 amide bonds. The molecule has 0 saturated carbocycles. The van der Waals surface area contributed by atoms with Gasteiger partial charge in [-0.1, -0.05) is 0 Å². The molecule has 5 nitrogen and oxygen atoms in total. The molecule has 0 spiro atoms. The Hall–Kier alpha value is -2.10. The van der Waals surface area contributed by atoms with E-state index in [2.05, 4.69) is 15.6 Å². The number of methoxy groups -OCH3 is 1. The van der Waals surface area contributed by atoms with Crippen molar-refractivity contribution >= 4 is 29.9 Å². The zero-order valence-electron chi connectivity index (χ0n) is 15.3. The van der Waals surface area contributed by atoms with Crippen LogP contribution >= 0.6 is 24.0 Å². The lowest BCUT2D eigenvalue weighted by molar-refractivity contribution is 0.411. The fourth-order valence-corrected chi connectivity index (χ4v) is 2.37. The number of rotatable bonds is 7. The van der Waals surface area contributed by atoms with Gasteiger partial charge in [-0.05, 0) is 55.3 Å². The first-order valence-corrected chi connectivity index (χ1v) is 8.35. The largest absolute Gasteiger partial charge is 0.508 e. The highest BCUT2D eigenvalue weighted by atomic mass is 127. The molecule has 0 aliphatic heterocycles. The molecule has 0 fully saturated rings. The predicted octanol–water partition coefficient (Wildman–Crippen LogP) is 3.59. The van der Waals surface area contributed by atoms with Gasteiger partial charge < -0.3 is 20.5 Å². The molecule has 27 heavy (non-hydrogen) atoms. The monoisotopic (exact) mass is 491 g/mol. The molecule has 0 heterocycles. The van der Waals surface area contributed by atoms with E-state index in [1.807, 2.05) is 6.92 Å². The highest BCUT2D eigenvalue weighted by Crippen LogP contribution is 2.23. The minimum absolute atomic E-state index is 0. The summed E-state index contributed by atoms with van der Waals surface area (Å²) in [6, 6.07) is 8.34. The molecule has 2 aromatic rings. The lowest BCUT2D eigenvalue weighted by Gasteiger charge is -2.12. The topological polar surface area (TPSA) is 65.9 Å². The smallest absolute Gasteiger partial charge is 0.191 e. The lowest BCUT2D eigenvalue weighted by Crippen LogP contribution is -2.38. The van der Waals surface area contributed by atoms with Crippen molar-refractivity contribution in [1.82, 2.24) is 10.6 Å². The Morgan fingerprint density at radius 3 is 2.59 bits per heavy atom. The van der Waals surface area contributed by atoms with Gasteiger partial charge >= 0.3 is 0 Å². The number of ether oxygens (including phenoxy) is 1. The maximum atomic E-state index is 13.6. The normalized spacial score (nSPS) is 10.9. The van der Waals surface area contributed by atoms with Gasteiger partial charge in [-0.3, -0.25) is 0 Å². The van der Waals surface area contributed by atoms with Crippen LogP contribution in [0.1, 0.15) is 18.1 Å². The van der Waals surface area contributed by atoms with Crippen LogP contribution < -0.4 is 15.4 Å². The number of phenolic OH excluding ortho intramolecular Hbond substituents is 1. The second-order valence-electron chi connectivity index (χ2n) is 5.60. The predicted molar refractivity (Wildman–Crippen MR) is 113 cm³/mol. The molecule has 148 valence electrons. The lowest BCUT2D eigenvalue weighted by atomic mass is 10.1. The average molecular weight is 491 g/mol. The summed E-state index contributed by atoms with van der Waals surface area (Å²) in [6.07, 6.45) is 0.318. The highest BCUT2D eigenvalue weighted by Gasteiger charge is 2.06. The fourth-order valence-electron chi connectivity index (χ4n) is 2.37. The van der Waals surface area contributed by atoms with E-state index in [1.54, 1.807) is 25.3 Å². The molecule has 0 atom stereocenters. The van der Waals surface area contributed by atoms with Crippen molar-refractivity contribution in [2.75, 3.05) is 20.2 Å². The number of aliphatic imine (C=N–C) groups is 1. The van der Waals surface area contributed by atoms with Crippen LogP contribution in [0.2, 0.25) is 0 Å². The van der Waals surface area contributed by atoms with E-state index in [1.165, 1.54) is 6.07 Å². The summed E-state index contributed by atoms with van der Waals surface area (Å²) in [5.41, 5.74) is 0.927. The summed E-state index contributed by atoms with van der Waals surface area (Å²) in [6.45, 7) is 3.19. The molecule has 0 saturated heterocycles. The SMILES string of the molecule is CCNC(=NCc1cc(OC)ccc1O)NCCc1cc(F)ccc1F.I. The van der Waals surface area contributed by atoms with E-state index in [4.69, 9.17) is 4.74 Å². The van der Waals surface area contributed by atoms with E-state index < -0.39 is 11.6 Å². The molecule has 2 rings (SSSR count). The summed E-state index contributed by atoms with van der Waals surface area (Å²) in [4.78, 5) is 4.40. The molecule has 0 aromatic heterocycles. The summed E-state index contributed by atoms with van der Waals surface area (Å²) in [7, 11) is 1.55. The standard InChI is InChI=1S/C19H23F2N3O2.HI/c1-3-22-19(23-9-8-13-10-15(20)4-6-17(13)21)24-12-14-11-16(26-2)5-7-18(14)25;/h4-7,10-11,25H,3,8-9,12H2,1-2H3,(H2,22,23,24);1H. The maximum absolute atomic E-state index is 13.6. The Kier molecular flexibility index (Phi) is 9.84. The highest BCUT2D eigenvalue weighted by molar-refractivity contribution is 14.0. The molecule has 0 aliphatic carbocycles. The third kappa shape index (κ3) is 7.20. The van der Waals surface area contributed by atoms with Crippen LogP contribution in [0, 0.1) is 11.6 Å². The van der Waals surface area contributed by atoms with Gasteiger partial charge in [-0.25, -0.2) is 13.8 Å². The molecule has 0 radical (unpaired) electrons. The number of halogens is 3. The number of benzene rings is 2. The molecule has 0 bridgehead atoms. The Labute approximate surface area is 174 Å². The van der Waals surface area contributed by atoms with Crippen LogP contribution in [0.4, 0.5) is 8.78 Å². The summed E-state index contributed by atoms with van der Waals surface area (Å²) in [5, 5.41) is 16.1. The number of hydrogen-bond donors (Lipinski definition) is 3. The van der Waals surface area contributed by atoms with Gasteiger partial charge in [-0.2, -0.15) is 0 Å². The quantitative estimate of drug-likeness (QED) is 0.315. The minimum atomic E-state index is -0.463. The van der Waals surface area contributed by atoms with E-state index in [0.29, 0.717) is 42.3 Å². The van der Waals surface area contributed by atoms with Gasteiger partial charge in [0.25, 0.3) is 0 Å². The number of nitrogens with zero attached hydrogens (tertiary/aromatic N) is 1.